The quantitative estimate of drug-likeness (QED) is 0.785. The monoisotopic (exact) mass is 268 g/mol. The fourth-order valence-corrected chi connectivity index (χ4v) is 2.76. The van der Waals surface area contributed by atoms with Crippen molar-refractivity contribution in [2.75, 3.05) is 13.1 Å². The van der Waals surface area contributed by atoms with Crippen LogP contribution in [0.2, 0.25) is 0 Å². The van der Waals surface area contributed by atoms with Crippen LogP contribution in [0.15, 0.2) is 5.38 Å². The van der Waals surface area contributed by atoms with Crippen molar-refractivity contribution < 1.29 is 9.53 Å². The van der Waals surface area contributed by atoms with Gasteiger partial charge in [0.1, 0.15) is 5.60 Å². The van der Waals surface area contributed by atoms with Crippen LogP contribution in [0, 0.1) is 6.92 Å². The molecule has 2 rings (SSSR count). The number of ether oxygens (including phenoxy) is 1. The van der Waals surface area contributed by atoms with E-state index in [1.165, 1.54) is 0 Å². The largest absolute Gasteiger partial charge is 0.444 e. The van der Waals surface area contributed by atoms with Crippen LogP contribution in [0.25, 0.3) is 0 Å². The van der Waals surface area contributed by atoms with Gasteiger partial charge in [-0.15, -0.1) is 11.3 Å². The number of rotatable bonds is 1. The number of amides is 1. The highest BCUT2D eigenvalue weighted by molar-refractivity contribution is 7.09. The maximum absolute atomic E-state index is 11.9. The zero-order valence-electron chi connectivity index (χ0n) is 11.4. The summed E-state index contributed by atoms with van der Waals surface area (Å²) in [6, 6.07) is 0. The summed E-state index contributed by atoms with van der Waals surface area (Å²) in [5, 5.41) is 3.18. The minimum atomic E-state index is -0.424. The van der Waals surface area contributed by atoms with Crippen LogP contribution in [0.1, 0.15) is 43.8 Å². The molecule has 0 aromatic carbocycles. The van der Waals surface area contributed by atoms with Gasteiger partial charge in [0.05, 0.1) is 10.7 Å². The summed E-state index contributed by atoms with van der Waals surface area (Å²) < 4.78 is 5.38. The molecule has 18 heavy (non-hydrogen) atoms. The maximum Gasteiger partial charge on any atom is 0.410 e. The molecule has 1 aromatic heterocycles. The van der Waals surface area contributed by atoms with E-state index in [-0.39, 0.29) is 6.09 Å². The third-order valence-electron chi connectivity index (χ3n) is 2.89. The fraction of sp³-hybridized carbons (Fsp3) is 0.692. The molecule has 0 spiro atoms. The highest BCUT2D eigenvalue weighted by Gasteiger charge is 2.31. The molecular formula is C13H20N2O2S. The predicted molar refractivity (Wildman–Crippen MR) is 72.0 cm³/mol. The van der Waals surface area contributed by atoms with Gasteiger partial charge in [-0.25, -0.2) is 9.78 Å². The predicted octanol–water partition coefficient (Wildman–Crippen LogP) is 3.18. The number of nitrogens with zero attached hydrogens (tertiary/aromatic N) is 2. The van der Waals surface area contributed by atoms with E-state index < -0.39 is 5.60 Å². The first kappa shape index (κ1) is 13.3. The second-order valence-electron chi connectivity index (χ2n) is 5.70. The number of carbonyl (C=O) groups excluding carboxylic acids is 1. The number of hydrogen-bond donors (Lipinski definition) is 0. The van der Waals surface area contributed by atoms with Gasteiger partial charge >= 0.3 is 6.09 Å². The Labute approximate surface area is 112 Å². The zero-order valence-corrected chi connectivity index (χ0v) is 12.2. The Morgan fingerprint density at radius 2 is 2.28 bits per heavy atom. The topological polar surface area (TPSA) is 42.4 Å². The summed E-state index contributed by atoms with van der Waals surface area (Å²) in [6.45, 7) is 9.16. The molecule has 0 N–H and O–H groups in total. The minimum absolute atomic E-state index is 0.211. The number of likely N-dealkylation sites (tertiary alicyclic amines) is 1. The number of hydrogen-bond acceptors (Lipinski definition) is 4. The van der Waals surface area contributed by atoms with Crippen LogP contribution in [-0.2, 0) is 4.74 Å². The summed E-state index contributed by atoms with van der Waals surface area (Å²) in [5.74, 6) is 0.363. The van der Waals surface area contributed by atoms with Crippen LogP contribution in [-0.4, -0.2) is 34.7 Å². The Hall–Kier alpha value is -1.10. The van der Waals surface area contributed by atoms with E-state index in [0.29, 0.717) is 5.92 Å². The lowest BCUT2D eigenvalue weighted by Gasteiger charge is -2.24. The third kappa shape index (κ3) is 3.22. The standard InChI is InChI=1S/C13H20N2O2S/c1-9-14-11(8-18-9)10-5-6-15(7-10)12(16)17-13(2,3)4/h8,10H,5-7H2,1-4H3/t10-/m0/s1. The Bertz CT molecular complexity index is 436. The van der Waals surface area contributed by atoms with Gasteiger partial charge in [-0.3, -0.25) is 0 Å². The van der Waals surface area contributed by atoms with Crippen molar-refractivity contribution in [2.45, 2.75) is 45.6 Å². The molecule has 0 saturated carbocycles. The molecule has 1 aliphatic heterocycles. The van der Waals surface area contributed by atoms with Crippen molar-refractivity contribution >= 4 is 17.4 Å². The first-order valence-electron chi connectivity index (χ1n) is 6.25. The van der Waals surface area contributed by atoms with Crippen LogP contribution in [0.3, 0.4) is 0 Å². The molecule has 100 valence electrons. The first-order valence-corrected chi connectivity index (χ1v) is 7.13. The van der Waals surface area contributed by atoms with E-state index in [1.54, 1.807) is 16.2 Å². The number of aryl methyl sites for hydroxylation is 1. The van der Waals surface area contributed by atoms with Gasteiger partial charge in [-0.05, 0) is 34.1 Å². The molecule has 0 bridgehead atoms. The van der Waals surface area contributed by atoms with E-state index in [2.05, 4.69) is 10.4 Å². The lowest BCUT2D eigenvalue weighted by atomic mass is 10.1. The smallest absolute Gasteiger partial charge is 0.410 e. The molecule has 1 fully saturated rings. The molecule has 0 unspecified atom stereocenters. The maximum atomic E-state index is 11.9. The van der Waals surface area contributed by atoms with Crippen LogP contribution in [0.5, 0.6) is 0 Å². The average Bonchev–Trinajstić information content (AvgIpc) is 2.82. The Balaban J connectivity index is 1.94. The van der Waals surface area contributed by atoms with Gasteiger partial charge in [0.2, 0.25) is 0 Å². The van der Waals surface area contributed by atoms with E-state index in [1.807, 2.05) is 27.7 Å². The number of carbonyl (C=O) groups is 1. The molecular weight excluding hydrogens is 248 g/mol. The molecule has 1 saturated heterocycles. The molecule has 1 amide bonds. The second kappa shape index (κ2) is 4.88. The lowest BCUT2D eigenvalue weighted by Crippen LogP contribution is -2.35. The van der Waals surface area contributed by atoms with Crippen LogP contribution >= 0.6 is 11.3 Å². The highest BCUT2D eigenvalue weighted by Crippen LogP contribution is 2.28. The van der Waals surface area contributed by atoms with E-state index in [9.17, 15) is 4.79 Å². The Morgan fingerprint density at radius 1 is 1.56 bits per heavy atom. The zero-order chi connectivity index (χ0) is 13.3. The number of aromatic nitrogens is 1. The van der Waals surface area contributed by atoms with Gasteiger partial charge in [-0.1, -0.05) is 0 Å². The molecule has 0 radical (unpaired) electrons. The number of thiazole rings is 1. The summed E-state index contributed by atoms with van der Waals surface area (Å²) in [6.07, 6.45) is 0.763. The van der Waals surface area contributed by atoms with E-state index >= 15 is 0 Å². The molecule has 2 heterocycles. The van der Waals surface area contributed by atoms with Crippen LogP contribution in [0.4, 0.5) is 4.79 Å². The van der Waals surface area contributed by atoms with Gasteiger partial charge < -0.3 is 9.64 Å². The van der Waals surface area contributed by atoms with Crippen molar-refractivity contribution in [3.63, 3.8) is 0 Å². The van der Waals surface area contributed by atoms with Crippen LogP contribution < -0.4 is 0 Å². The summed E-state index contributed by atoms with van der Waals surface area (Å²) >= 11 is 1.67. The van der Waals surface area contributed by atoms with Gasteiger partial charge in [0.15, 0.2) is 0 Å². The van der Waals surface area contributed by atoms with Crippen molar-refractivity contribution in [1.82, 2.24) is 9.88 Å². The molecule has 0 aliphatic carbocycles. The molecule has 1 aliphatic rings. The van der Waals surface area contributed by atoms with Crippen molar-refractivity contribution in [3.05, 3.63) is 16.1 Å². The van der Waals surface area contributed by atoms with Gasteiger partial charge in [0, 0.05) is 24.4 Å². The van der Waals surface area contributed by atoms with Crippen molar-refractivity contribution in [1.29, 1.82) is 0 Å². The van der Waals surface area contributed by atoms with E-state index in [0.717, 1.165) is 30.2 Å². The minimum Gasteiger partial charge on any atom is -0.444 e. The summed E-state index contributed by atoms with van der Waals surface area (Å²) in [5.41, 5.74) is 0.690. The molecule has 1 atom stereocenters. The first-order chi connectivity index (χ1) is 8.35. The average molecular weight is 268 g/mol. The van der Waals surface area contributed by atoms with Crippen molar-refractivity contribution in [2.24, 2.45) is 0 Å². The lowest BCUT2D eigenvalue weighted by molar-refractivity contribution is 0.0292. The second-order valence-corrected chi connectivity index (χ2v) is 6.77. The Morgan fingerprint density at radius 3 is 2.83 bits per heavy atom. The highest BCUT2D eigenvalue weighted by atomic mass is 32.1. The van der Waals surface area contributed by atoms with Gasteiger partial charge in [-0.2, -0.15) is 0 Å². The molecule has 5 heteroatoms. The molecule has 1 aromatic rings. The van der Waals surface area contributed by atoms with Gasteiger partial charge in [0.25, 0.3) is 0 Å². The molecule has 4 nitrogen and oxygen atoms in total. The normalized spacial score (nSPS) is 20.2. The third-order valence-corrected chi connectivity index (χ3v) is 3.69. The van der Waals surface area contributed by atoms with E-state index in [4.69, 9.17) is 4.74 Å². The van der Waals surface area contributed by atoms with Crippen molar-refractivity contribution in [3.8, 4) is 0 Å². The Kier molecular flexibility index (Phi) is 3.61. The SMILES string of the molecule is Cc1nc([C@H]2CCN(C(=O)OC(C)(C)C)C2)cs1. The fourth-order valence-electron chi connectivity index (χ4n) is 2.06. The summed E-state index contributed by atoms with van der Waals surface area (Å²) in [4.78, 5) is 18.2. The summed E-state index contributed by atoms with van der Waals surface area (Å²) in [7, 11) is 0.